The van der Waals surface area contributed by atoms with Crippen LogP contribution in [0.4, 0.5) is 5.00 Å². The van der Waals surface area contributed by atoms with Gasteiger partial charge in [-0.2, -0.15) is 9.64 Å². The first-order valence-electron chi connectivity index (χ1n) is 5.97. The highest BCUT2D eigenvalue weighted by Crippen LogP contribution is 2.24. The summed E-state index contributed by atoms with van der Waals surface area (Å²) >= 11 is 1.37. The van der Waals surface area contributed by atoms with Crippen molar-refractivity contribution >= 4 is 16.5 Å². The smallest absolute Gasteiger partial charge is 0.127 e. The molecule has 5 heteroatoms. The Bertz CT molecular complexity index is 390. The van der Waals surface area contributed by atoms with E-state index in [1.165, 1.54) is 11.5 Å². The average Bonchev–Trinajstić information content (AvgIpc) is 2.66. The summed E-state index contributed by atoms with van der Waals surface area (Å²) in [6.07, 6.45) is 0. The molecule has 0 aliphatic carbocycles. The number of aryl methyl sites for hydroxylation is 1. The van der Waals surface area contributed by atoms with Crippen LogP contribution >= 0.6 is 11.5 Å². The molecule has 1 atom stereocenters. The second-order valence-corrected chi connectivity index (χ2v) is 4.89. The van der Waals surface area contributed by atoms with Gasteiger partial charge in [-0.05, 0) is 38.5 Å². The number of likely N-dealkylation sites (N-methyl/N-ethyl adjacent to an activating group) is 1. The van der Waals surface area contributed by atoms with Crippen LogP contribution < -0.4 is 5.32 Å². The SMILES string of the molecule is CCN(CC)CC(C)Nc1snc(C)c1C#N. The molecule has 0 saturated heterocycles. The van der Waals surface area contributed by atoms with E-state index in [0.29, 0.717) is 11.6 Å². The van der Waals surface area contributed by atoms with Gasteiger partial charge in [0.2, 0.25) is 0 Å². The van der Waals surface area contributed by atoms with E-state index >= 15 is 0 Å². The zero-order valence-electron chi connectivity index (χ0n) is 10.9. The average molecular weight is 252 g/mol. The second-order valence-electron chi connectivity index (χ2n) is 4.12. The normalized spacial score (nSPS) is 12.5. The fourth-order valence-corrected chi connectivity index (χ4v) is 2.60. The van der Waals surface area contributed by atoms with E-state index < -0.39 is 0 Å². The number of nitrogens with one attached hydrogen (secondary N) is 1. The summed E-state index contributed by atoms with van der Waals surface area (Å²) in [6.45, 7) is 11.4. The third-order valence-electron chi connectivity index (χ3n) is 2.78. The lowest BCUT2D eigenvalue weighted by Crippen LogP contribution is -2.34. The summed E-state index contributed by atoms with van der Waals surface area (Å²) in [4.78, 5) is 2.36. The molecular weight excluding hydrogens is 232 g/mol. The maximum Gasteiger partial charge on any atom is 0.127 e. The highest BCUT2D eigenvalue weighted by molar-refractivity contribution is 7.10. The predicted molar refractivity (Wildman–Crippen MR) is 72.4 cm³/mol. The van der Waals surface area contributed by atoms with E-state index in [2.05, 4.69) is 41.4 Å². The molecule has 1 N–H and O–H groups in total. The molecule has 1 unspecified atom stereocenters. The summed E-state index contributed by atoms with van der Waals surface area (Å²) in [5.74, 6) is 0. The van der Waals surface area contributed by atoms with E-state index in [1.54, 1.807) is 0 Å². The highest BCUT2D eigenvalue weighted by atomic mass is 32.1. The standard InChI is InChI=1S/C12H20N4S/c1-5-16(6-2)8-9(3)14-12-11(7-13)10(4)15-17-12/h9,14H,5-6,8H2,1-4H3. The Morgan fingerprint density at radius 3 is 2.65 bits per heavy atom. The van der Waals surface area contributed by atoms with Gasteiger partial charge in [-0.25, -0.2) is 0 Å². The van der Waals surface area contributed by atoms with E-state index in [4.69, 9.17) is 5.26 Å². The van der Waals surface area contributed by atoms with Crippen LogP contribution in [0.2, 0.25) is 0 Å². The molecule has 0 aliphatic heterocycles. The molecule has 17 heavy (non-hydrogen) atoms. The molecule has 0 amide bonds. The molecule has 0 bridgehead atoms. The Hall–Kier alpha value is -1.12. The molecule has 4 nitrogen and oxygen atoms in total. The lowest BCUT2D eigenvalue weighted by Gasteiger charge is -2.23. The largest absolute Gasteiger partial charge is 0.371 e. The molecule has 1 aromatic heterocycles. The van der Waals surface area contributed by atoms with Crippen molar-refractivity contribution in [1.82, 2.24) is 9.27 Å². The highest BCUT2D eigenvalue weighted by Gasteiger charge is 2.13. The first kappa shape index (κ1) is 13.9. The number of nitriles is 1. The Labute approximate surface area is 107 Å². The van der Waals surface area contributed by atoms with Gasteiger partial charge in [0.25, 0.3) is 0 Å². The minimum Gasteiger partial charge on any atom is -0.371 e. The van der Waals surface area contributed by atoms with Crippen LogP contribution in [0.1, 0.15) is 32.0 Å². The molecule has 1 heterocycles. The number of hydrogen-bond acceptors (Lipinski definition) is 5. The second kappa shape index (κ2) is 6.58. The number of anilines is 1. The van der Waals surface area contributed by atoms with Crippen LogP contribution in [0.3, 0.4) is 0 Å². The van der Waals surface area contributed by atoms with E-state index in [1.807, 2.05) is 6.92 Å². The number of nitrogens with zero attached hydrogens (tertiary/aromatic N) is 3. The van der Waals surface area contributed by atoms with E-state index in [-0.39, 0.29) is 0 Å². The van der Waals surface area contributed by atoms with Gasteiger partial charge < -0.3 is 10.2 Å². The predicted octanol–water partition coefficient (Wildman–Crippen LogP) is 2.47. The Kier molecular flexibility index (Phi) is 5.39. The van der Waals surface area contributed by atoms with Crippen LogP contribution in [0, 0.1) is 18.3 Å². The van der Waals surface area contributed by atoms with Gasteiger partial charge in [-0.1, -0.05) is 13.8 Å². The van der Waals surface area contributed by atoms with Gasteiger partial charge in [-0.3, -0.25) is 0 Å². The van der Waals surface area contributed by atoms with Crippen molar-refractivity contribution in [3.8, 4) is 6.07 Å². The van der Waals surface area contributed by atoms with Crippen LogP contribution in [0.15, 0.2) is 0 Å². The van der Waals surface area contributed by atoms with Crippen molar-refractivity contribution in [2.45, 2.75) is 33.7 Å². The lowest BCUT2D eigenvalue weighted by molar-refractivity contribution is 0.295. The molecule has 0 spiro atoms. The monoisotopic (exact) mass is 252 g/mol. The van der Waals surface area contributed by atoms with Crippen molar-refractivity contribution in [3.05, 3.63) is 11.3 Å². The minimum absolute atomic E-state index is 0.321. The maximum absolute atomic E-state index is 9.04. The summed E-state index contributed by atoms with van der Waals surface area (Å²) < 4.78 is 4.20. The topological polar surface area (TPSA) is 52.0 Å². The zero-order chi connectivity index (χ0) is 12.8. The van der Waals surface area contributed by atoms with Crippen LogP contribution in [-0.2, 0) is 0 Å². The Morgan fingerprint density at radius 2 is 2.12 bits per heavy atom. The van der Waals surface area contributed by atoms with Gasteiger partial charge in [-0.15, -0.1) is 0 Å². The van der Waals surface area contributed by atoms with Crippen molar-refractivity contribution in [3.63, 3.8) is 0 Å². The van der Waals surface area contributed by atoms with E-state index in [9.17, 15) is 0 Å². The molecule has 1 aromatic rings. The van der Waals surface area contributed by atoms with Crippen molar-refractivity contribution in [2.75, 3.05) is 25.0 Å². The van der Waals surface area contributed by atoms with Gasteiger partial charge in [0, 0.05) is 12.6 Å². The van der Waals surface area contributed by atoms with Crippen molar-refractivity contribution in [1.29, 1.82) is 5.26 Å². The van der Waals surface area contributed by atoms with Gasteiger partial charge >= 0.3 is 0 Å². The first-order chi connectivity index (χ1) is 8.12. The van der Waals surface area contributed by atoms with E-state index in [0.717, 1.165) is 30.3 Å². The third kappa shape index (κ3) is 3.69. The Morgan fingerprint density at radius 1 is 1.47 bits per heavy atom. The van der Waals surface area contributed by atoms with Gasteiger partial charge in [0.1, 0.15) is 16.6 Å². The molecule has 94 valence electrons. The van der Waals surface area contributed by atoms with Crippen molar-refractivity contribution < 1.29 is 0 Å². The number of aromatic nitrogens is 1. The van der Waals surface area contributed by atoms with Gasteiger partial charge in [0.15, 0.2) is 0 Å². The summed E-state index contributed by atoms with van der Waals surface area (Å²) in [6, 6.07) is 2.52. The minimum atomic E-state index is 0.321. The fraction of sp³-hybridized carbons (Fsp3) is 0.667. The lowest BCUT2D eigenvalue weighted by atomic mass is 10.2. The number of rotatable bonds is 6. The molecule has 0 aliphatic rings. The summed E-state index contributed by atoms with van der Waals surface area (Å²) in [5, 5.41) is 13.3. The quantitative estimate of drug-likeness (QED) is 0.845. The van der Waals surface area contributed by atoms with Crippen LogP contribution in [0.5, 0.6) is 0 Å². The summed E-state index contributed by atoms with van der Waals surface area (Å²) in [5.41, 5.74) is 1.50. The number of hydrogen-bond donors (Lipinski definition) is 1. The van der Waals surface area contributed by atoms with Gasteiger partial charge in [0.05, 0.1) is 5.69 Å². The molecule has 0 fully saturated rings. The Balaban J connectivity index is 2.62. The van der Waals surface area contributed by atoms with Crippen LogP contribution in [0.25, 0.3) is 0 Å². The molecule has 0 radical (unpaired) electrons. The maximum atomic E-state index is 9.04. The zero-order valence-corrected chi connectivity index (χ0v) is 11.8. The summed E-state index contributed by atoms with van der Waals surface area (Å²) in [7, 11) is 0. The first-order valence-corrected chi connectivity index (χ1v) is 6.74. The molecular formula is C12H20N4S. The molecule has 0 saturated carbocycles. The van der Waals surface area contributed by atoms with Crippen molar-refractivity contribution in [2.24, 2.45) is 0 Å². The molecule has 1 rings (SSSR count). The molecule has 0 aromatic carbocycles. The third-order valence-corrected chi connectivity index (χ3v) is 3.65. The van der Waals surface area contributed by atoms with Crippen LogP contribution in [-0.4, -0.2) is 34.9 Å². The fourth-order valence-electron chi connectivity index (χ4n) is 1.74.